The number of Topliss-reactive ketones (excluding diaryl/α,β-unsaturated/α-hetero) is 3. The summed E-state index contributed by atoms with van der Waals surface area (Å²) >= 11 is 0. The second-order valence-electron chi connectivity index (χ2n) is 5.67. The number of aliphatic carboxylic acids is 1. The number of carboxylic acid groups (broad SMARTS) is 1. The fraction of sp³-hybridized carbons (Fsp3) is 0.238. The molecular formula is C21H22O5. The Balaban J connectivity index is 0.000000260. The van der Waals surface area contributed by atoms with E-state index in [1.807, 2.05) is 24.3 Å². The minimum Gasteiger partial charge on any atom is -0.481 e. The van der Waals surface area contributed by atoms with Crippen LogP contribution in [0.3, 0.4) is 0 Å². The minimum atomic E-state index is -0.940. The van der Waals surface area contributed by atoms with Gasteiger partial charge in [-0.15, -0.1) is 0 Å². The molecule has 0 amide bonds. The number of rotatable bonds is 8. The smallest absolute Gasteiger partial charge is 0.303 e. The first-order valence-electron chi connectivity index (χ1n) is 8.28. The zero-order chi connectivity index (χ0) is 19.4. The third kappa shape index (κ3) is 8.68. The van der Waals surface area contributed by atoms with Crippen molar-refractivity contribution in [1.82, 2.24) is 0 Å². The highest BCUT2D eigenvalue weighted by Crippen LogP contribution is 2.05. The number of benzene rings is 2. The lowest BCUT2D eigenvalue weighted by molar-refractivity contribution is -0.137. The van der Waals surface area contributed by atoms with Crippen LogP contribution >= 0.6 is 0 Å². The highest BCUT2D eigenvalue weighted by Gasteiger charge is 2.07. The van der Waals surface area contributed by atoms with Crippen LogP contribution in [0.4, 0.5) is 0 Å². The molecule has 0 bridgehead atoms. The molecule has 0 aliphatic rings. The highest BCUT2D eigenvalue weighted by molar-refractivity contribution is 5.98. The van der Waals surface area contributed by atoms with Crippen molar-refractivity contribution in [2.75, 3.05) is 0 Å². The summed E-state index contributed by atoms with van der Waals surface area (Å²) in [4.78, 5) is 43.5. The first kappa shape index (κ1) is 21.0. The lowest BCUT2D eigenvalue weighted by Gasteiger charge is -1.97. The number of carbonyl (C=O) groups is 4. The van der Waals surface area contributed by atoms with Crippen molar-refractivity contribution < 1.29 is 24.3 Å². The molecule has 0 radical (unpaired) electrons. The standard InChI is InChI=1S/C11H12O2.C10H10O3/c1-9(12)7-8-11(13)10-5-3-2-4-6-10;11-9(6-7-10(12)13)8-4-2-1-3-5-8/h2-6H,7-8H2,1H3;1-5H,6-7H2,(H,12,13). The van der Waals surface area contributed by atoms with Crippen LogP contribution in [0.2, 0.25) is 0 Å². The quantitative estimate of drug-likeness (QED) is 0.725. The molecule has 0 aliphatic heterocycles. The minimum absolute atomic E-state index is 0.0378. The van der Waals surface area contributed by atoms with E-state index in [9.17, 15) is 19.2 Å². The van der Waals surface area contributed by atoms with Crippen LogP contribution in [0.15, 0.2) is 60.7 Å². The maximum atomic E-state index is 11.4. The maximum Gasteiger partial charge on any atom is 0.303 e. The van der Waals surface area contributed by atoms with E-state index < -0.39 is 5.97 Å². The summed E-state index contributed by atoms with van der Waals surface area (Å²) < 4.78 is 0. The summed E-state index contributed by atoms with van der Waals surface area (Å²) in [6.45, 7) is 1.50. The molecule has 1 N–H and O–H groups in total. The topological polar surface area (TPSA) is 88.5 Å². The average Bonchev–Trinajstić information content (AvgIpc) is 2.66. The van der Waals surface area contributed by atoms with Crippen molar-refractivity contribution in [1.29, 1.82) is 0 Å². The molecule has 0 unspecified atom stereocenters. The monoisotopic (exact) mass is 354 g/mol. The summed E-state index contributed by atoms with van der Waals surface area (Å²) in [5, 5.41) is 8.36. The van der Waals surface area contributed by atoms with Gasteiger partial charge in [-0.25, -0.2) is 0 Å². The number of hydrogen-bond donors (Lipinski definition) is 1. The zero-order valence-electron chi connectivity index (χ0n) is 14.7. The molecule has 2 aromatic carbocycles. The summed E-state index contributed by atoms with van der Waals surface area (Å²) in [6.07, 6.45) is 0.625. The summed E-state index contributed by atoms with van der Waals surface area (Å²) in [6, 6.07) is 17.7. The van der Waals surface area contributed by atoms with Crippen LogP contribution in [0.25, 0.3) is 0 Å². The first-order valence-corrected chi connectivity index (χ1v) is 8.28. The van der Waals surface area contributed by atoms with Gasteiger partial charge >= 0.3 is 5.97 Å². The Bertz CT molecular complexity index is 670. The molecule has 5 heteroatoms. The molecule has 0 heterocycles. The van der Waals surface area contributed by atoms with Crippen molar-refractivity contribution in [3.63, 3.8) is 0 Å². The lowest BCUT2D eigenvalue weighted by atomic mass is 10.1. The van der Waals surface area contributed by atoms with Gasteiger partial charge in [0.25, 0.3) is 0 Å². The Labute approximate surface area is 152 Å². The Morgan fingerprint density at radius 2 is 1.04 bits per heavy atom. The number of carbonyl (C=O) groups excluding carboxylic acids is 3. The first-order chi connectivity index (χ1) is 12.4. The summed E-state index contributed by atoms with van der Waals surface area (Å²) in [5.41, 5.74) is 1.26. The van der Waals surface area contributed by atoms with Crippen molar-refractivity contribution >= 4 is 23.3 Å². The van der Waals surface area contributed by atoms with E-state index in [0.29, 0.717) is 24.0 Å². The predicted molar refractivity (Wildman–Crippen MR) is 98.3 cm³/mol. The summed E-state index contributed by atoms with van der Waals surface area (Å²) in [5.74, 6) is -0.965. The molecule has 0 aliphatic carbocycles. The van der Waals surface area contributed by atoms with Gasteiger partial charge in [-0.2, -0.15) is 0 Å². The van der Waals surface area contributed by atoms with Crippen LogP contribution in [0.5, 0.6) is 0 Å². The van der Waals surface area contributed by atoms with E-state index in [0.717, 1.165) is 0 Å². The van der Waals surface area contributed by atoms with Gasteiger partial charge in [-0.1, -0.05) is 60.7 Å². The van der Waals surface area contributed by atoms with Crippen LogP contribution in [-0.2, 0) is 9.59 Å². The van der Waals surface area contributed by atoms with Gasteiger partial charge in [0, 0.05) is 30.4 Å². The molecule has 2 rings (SSSR count). The molecule has 0 saturated heterocycles. The molecule has 5 nitrogen and oxygen atoms in total. The second-order valence-corrected chi connectivity index (χ2v) is 5.67. The molecule has 0 atom stereocenters. The van der Waals surface area contributed by atoms with Crippen LogP contribution < -0.4 is 0 Å². The van der Waals surface area contributed by atoms with Crippen LogP contribution in [0.1, 0.15) is 53.3 Å². The van der Waals surface area contributed by atoms with Gasteiger partial charge in [-0.3, -0.25) is 14.4 Å². The fourth-order valence-corrected chi connectivity index (χ4v) is 2.05. The van der Waals surface area contributed by atoms with Gasteiger partial charge in [0.1, 0.15) is 5.78 Å². The van der Waals surface area contributed by atoms with Gasteiger partial charge in [-0.05, 0) is 6.92 Å². The fourth-order valence-electron chi connectivity index (χ4n) is 2.05. The molecule has 0 saturated carbocycles. The Morgan fingerprint density at radius 1 is 0.654 bits per heavy atom. The molecule has 2 aromatic rings. The Hall–Kier alpha value is -3.08. The van der Waals surface area contributed by atoms with E-state index in [4.69, 9.17) is 5.11 Å². The number of ketones is 3. The van der Waals surface area contributed by atoms with Gasteiger partial charge in [0.15, 0.2) is 11.6 Å². The highest BCUT2D eigenvalue weighted by atomic mass is 16.4. The Kier molecular flexibility index (Phi) is 9.25. The predicted octanol–water partition coefficient (Wildman–Crippen LogP) is 3.97. The average molecular weight is 354 g/mol. The van der Waals surface area contributed by atoms with Crippen LogP contribution in [-0.4, -0.2) is 28.4 Å². The van der Waals surface area contributed by atoms with Crippen molar-refractivity contribution in [2.45, 2.75) is 32.6 Å². The van der Waals surface area contributed by atoms with Gasteiger partial charge < -0.3 is 9.90 Å². The normalized spacial score (nSPS) is 9.58. The third-order valence-corrected chi connectivity index (χ3v) is 3.46. The molecular weight excluding hydrogens is 332 g/mol. The molecule has 136 valence electrons. The van der Waals surface area contributed by atoms with E-state index in [2.05, 4.69) is 0 Å². The second kappa shape index (κ2) is 11.5. The third-order valence-electron chi connectivity index (χ3n) is 3.46. The summed E-state index contributed by atoms with van der Waals surface area (Å²) in [7, 11) is 0. The van der Waals surface area contributed by atoms with E-state index in [1.54, 1.807) is 36.4 Å². The number of hydrogen-bond acceptors (Lipinski definition) is 4. The van der Waals surface area contributed by atoms with E-state index in [-0.39, 0.29) is 30.2 Å². The molecule has 0 aromatic heterocycles. The van der Waals surface area contributed by atoms with Crippen molar-refractivity contribution in [3.8, 4) is 0 Å². The zero-order valence-corrected chi connectivity index (χ0v) is 14.7. The van der Waals surface area contributed by atoms with Crippen molar-refractivity contribution in [2.24, 2.45) is 0 Å². The maximum absolute atomic E-state index is 11.4. The largest absolute Gasteiger partial charge is 0.481 e. The van der Waals surface area contributed by atoms with Gasteiger partial charge in [0.05, 0.1) is 6.42 Å². The van der Waals surface area contributed by atoms with Crippen molar-refractivity contribution in [3.05, 3.63) is 71.8 Å². The van der Waals surface area contributed by atoms with Crippen LogP contribution in [0, 0.1) is 0 Å². The SMILES string of the molecule is CC(=O)CCC(=O)c1ccccc1.O=C(O)CCC(=O)c1ccccc1. The van der Waals surface area contributed by atoms with E-state index >= 15 is 0 Å². The lowest BCUT2D eigenvalue weighted by Crippen LogP contribution is -2.03. The number of carboxylic acids is 1. The molecule has 0 spiro atoms. The Morgan fingerprint density at radius 3 is 1.38 bits per heavy atom. The molecule has 0 fully saturated rings. The van der Waals surface area contributed by atoms with Gasteiger partial charge in [0.2, 0.25) is 0 Å². The molecule has 26 heavy (non-hydrogen) atoms. The van der Waals surface area contributed by atoms with E-state index in [1.165, 1.54) is 6.92 Å².